The lowest BCUT2D eigenvalue weighted by molar-refractivity contribution is 0.0647. The van der Waals surface area contributed by atoms with Crippen LogP contribution in [0.2, 0.25) is 0 Å². The van der Waals surface area contributed by atoms with Gasteiger partial charge in [-0.1, -0.05) is 48.6 Å². The van der Waals surface area contributed by atoms with E-state index in [9.17, 15) is 9.90 Å². The van der Waals surface area contributed by atoms with E-state index < -0.39 is 0 Å². The summed E-state index contributed by atoms with van der Waals surface area (Å²) in [5.74, 6) is 0.0784. The Labute approximate surface area is 154 Å². The van der Waals surface area contributed by atoms with Gasteiger partial charge < -0.3 is 14.7 Å². The molecule has 0 saturated carbocycles. The predicted molar refractivity (Wildman–Crippen MR) is 102 cm³/mol. The van der Waals surface area contributed by atoms with Gasteiger partial charge in [0.2, 0.25) is 0 Å². The lowest BCUT2D eigenvalue weighted by atomic mass is 10.1. The number of amides is 1. The van der Waals surface area contributed by atoms with Gasteiger partial charge in [0.15, 0.2) is 11.5 Å². The summed E-state index contributed by atoms with van der Waals surface area (Å²) in [6, 6.07) is 15.2. The first-order valence-corrected chi connectivity index (χ1v) is 8.78. The van der Waals surface area contributed by atoms with Crippen LogP contribution >= 0.6 is 0 Å². The lowest BCUT2D eigenvalue weighted by Gasteiger charge is -2.34. The van der Waals surface area contributed by atoms with Crippen molar-refractivity contribution in [2.75, 3.05) is 39.8 Å². The van der Waals surface area contributed by atoms with Gasteiger partial charge in [0, 0.05) is 32.7 Å². The van der Waals surface area contributed by atoms with Gasteiger partial charge in [0.25, 0.3) is 5.91 Å². The normalized spacial score (nSPS) is 15.3. The van der Waals surface area contributed by atoms with Crippen molar-refractivity contribution in [3.05, 3.63) is 65.7 Å². The molecule has 1 fully saturated rings. The van der Waals surface area contributed by atoms with Gasteiger partial charge >= 0.3 is 0 Å². The van der Waals surface area contributed by atoms with E-state index in [-0.39, 0.29) is 11.7 Å². The number of ether oxygens (including phenoxy) is 1. The zero-order valence-corrected chi connectivity index (χ0v) is 15.0. The number of benzene rings is 2. The number of phenols is 1. The third-order valence-electron chi connectivity index (χ3n) is 4.58. The van der Waals surface area contributed by atoms with E-state index in [0.717, 1.165) is 19.6 Å². The van der Waals surface area contributed by atoms with Gasteiger partial charge in [-0.2, -0.15) is 0 Å². The fourth-order valence-electron chi connectivity index (χ4n) is 3.07. The summed E-state index contributed by atoms with van der Waals surface area (Å²) in [6.07, 6.45) is 4.27. The molecule has 0 atom stereocenters. The highest BCUT2D eigenvalue weighted by molar-refractivity contribution is 5.97. The monoisotopic (exact) mass is 352 g/mol. The summed E-state index contributed by atoms with van der Waals surface area (Å²) >= 11 is 0. The topological polar surface area (TPSA) is 53.0 Å². The van der Waals surface area contributed by atoms with Crippen molar-refractivity contribution in [3.63, 3.8) is 0 Å². The van der Waals surface area contributed by atoms with Crippen LogP contribution in [0.1, 0.15) is 15.9 Å². The minimum atomic E-state index is -0.152. The van der Waals surface area contributed by atoms with E-state index >= 15 is 0 Å². The minimum absolute atomic E-state index is 0.0896. The Morgan fingerprint density at radius 1 is 1.08 bits per heavy atom. The van der Waals surface area contributed by atoms with Crippen molar-refractivity contribution in [3.8, 4) is 11.5 Å². The van der Waals surface area contributed by atoms with Crippen molar-refractivity contribution in [1.82, 2.24) is 9.80 Å². The molecule has 136 valence electrons. The van der Waals surface area contributed by atoms with Crippen LogP contribution in [-0.2, 0) is 0 Å². The Hall–Kier alpha value is -2.79. The molecule has 1 heterocycles. The SMILES string of the molecule is COc1cccc(C(=O)N2CCN(CC=Cc3ccccc3)CC2)c1O. The van der Waals surface area contributed by atoms with Crippen LogP contribution in [0.4, 0.5) is 0 Å². The molecule has 5 nitrogen and oxygen atoms in total. The Kier molecular flexibility index (Phi) is 5.92. The molecule has 1 amide bonds. The van der Waals surface area contributed by atoms with Crippen molar-refractivity contribution in [1.29, 1.82) is 0 Å². The summed E-state index contributed by atoms with van der Waals surface area (Å²) in [4.78, 5) is 16.8. The number of para-hydroxylation sites is 1. The molecule has 2 aromatic carbocycles. The van der Waals surface area contributed by atoms with Crippen LogP contribution in [0.25, 0.3) is 6.08 Å². The van der Waals surface area contributed by atoms with Crippen molar-refractivity contribution in [2.24, 2.45) is 0 Å². The average Bonchev–Trinajstić information content (AvgIpc) is 2.69. The Morgan fingerprint density at radius 3 is 2.50 bits per heavy atom. The van der Waals surface area contributed by atoms with Crippen molar-refractivity contribution in [2.45, 2.75) is 0 Å². The Morgan fingerprint density at radius 2 is 1.81 bits per heavy atom. The second kappa shape index (κ2) is 8.54. The van der Waals surface area contributed by atoms with Crippen LogP contribution in [-0.4, -0.2) is 60.6 Å². The van der Waals surface area contributed by atoms with Gasteiger partial charge in [0.05, 0.1) is 12.7 Å². The number of aromatic hydroxyl groups is 1. The molecule has 1 aliphatic rings. The van der Waals surface area contributed by atoms with E-state index in [1.54, 1.807) is 23.1 Å². The van der Waals surface area contributed by atoms with E-state index in [4.69, 9.17) is 4.74 Å². The molecular weight excluding hydrogens is 328 g/mol. The zero-order valence-electron chi connectivity index (χ0n) is 15.0. The fraction of sp³-hybridized carbons (Fsp3) is 0.286. The van der Waals surface area contributed by atoms with Gasteiger partial charge in [0.1, 0.15) is 0 Å². The van der Waals surface area contributed by atoms with Gasteiger partial charge in [-0.05, 0) is 17.7 Å². The van der Waals surface area contributed by atoms with Crippen LogP contribution in [0.5, 0.6) is 11.5 Å². The molecule has 2 aromatic rings. The largest absolute Gasteiger partial charge is 0.504 e. The first-order valence-electron chi connectivity index (χ1n) is 8.78. The number of methoxy groups -OCH3 is 1. The van der Waals surface area contributed by atoms with Gasteiger partial charge in [-0.3, -0.25) is 9.69 Å². The van der Waals surface area contributed by atoms with Gasteiger partial charge in [-0.25, -0.2) is 0 Å². The second-order valence-corrected chi connectivity index (χ2v) is 6.26. The van der Waals surface area contributed by atoms with Crippen molar-refractivity contribution >= 4 is 12.0 Å². The van der Waals surface area contributed by atoms with E-state index in [1.807, 2.05) is 18.2 Å². The standard InChI is InChI=1S/C21H24N2O3/c1-26-19-11-5-10-18(20(19)24)21(25)23-15-13-22(14-16-23)12-6-9-17-7-3-2-4-8-17/h2-11,24H,12-16H2,1H3. The number of carbonyl (C=O) groups excluding carboxylic acids is 1. The summed E-state index contributed by atoms with van der Waals surface area (Å²) in [6.45, 7) is 3.79. The first-order chi connectivity index (χ1) is 12.7. The molecule has 0 unspecified atom stereocenters. The number of nitrogens with zero attached hydrogens (tertiary/aromatic N) is 2. The van der Waals surface area contributed by atoms with Crippen LogP contribution in [0.15, 0.2) is 54.6 Å². The highest BCUT2D eigenvalue weighted by atomic mass is 16.5. The maximum Gasteiger partial charge on any atom is 0.257 e. The summed E-state index contributed by atoms with van der Waals surface area (Å²) < 4.78 is 5.08. The molecule has 26 heavy (non-hydrogen) atoms. The molecule has 0 aliphatic carbocycles. The minimum Gasteiger partial charge on any atom is -0.504 e. The maximum atomic E-state index is 12.7. The number of hydrogen-bond acceptors (Lipinski definition) is 4. The highest BCUT2D eigenvalue weighted by Gasteiger charge is 2.24. The molecule has 5 heteroatoms. The molecule has 0 radical (unpaired) electrons. The van der Waals surface area contributed by atoms with E-state index in [0.29, 0.717) is 24.4 Å². The van der Waals surface area contributed by atoms with Gasteiger partial charge in [-0.15, -0.1) is 0 Å². The Balaban J connectivity index is 1.53. The smallest absolute Gasteiger partial charge is 0.257 e. The number of rotatable bonds is 5. The number of phenolic OH excluding ortho intramolecular Hbond substituents is 1. The zero-order chi connectivity index (χ0) is 18.4. The first kappa shape index (κ1) is 18.0. The third kappa shape index (κ3) is 4.24. The molecule has 3 rings (SSSR count). The Bertz CT molecular complexity index is 766. The van der Waals surface area contributed by atoms with Crippen LogP contribution < -0.4 is 4.74 Å². The molecule has 0 spiro atoms. The summed E-state index contributed by atoms with van der Waals surface area (Å²) in [7, 11) is 1.48. The molecular formula is C21H24N2O3. The fourth-order valence-corrected chi connectivity index (χ4v) is 3.07. The van der Waals surface area contributed by atoms with E-state index in [1.165, 1.54) is 12.7 Å². The molecule has 1 N–H and O–H groups in total. The quantitative estimate of drug-likeness (QED) is 0.899. The summed E-state index contributed by atoms with van der Waals surface area (Å²) in [5, 5.41) is 10.2. The lowest BCUT2D eigenvalue weighted by Crippen LogP contribution is -2.48. The van der Waals surface area contributed by atoms with Crippen LogP contribution in [0.3, 0.4) is 0 Å². The third-order valence-corrected chi connectivity index (χ3v) is 4.58. The number of hydrogen-bond donors (Lipinski definition) is 1. The van der Waals surface area contributed by atoms with Crippen LogP contribution in [0, 0.1) is 0 Å². The predicted octanol–water partition coefficient (Wildman–Crippen LogP) is 2.87. The van der Waals surface area contributed by atoms with Crippen molar-refractivity contribution < 1.29 is 14.6 Å². The molecule has 1 aliphatic heterocycles. The maximum absolute atomic E-state index is 12.7. The number of piperazine rings is 1. The highest BCUT2D eigenvalue weighted by Crippen LogP contribution is 2.30. The molecule has 0 bridgehead atoms. The summed E-state index contributed by atoms with van der Waals surface area (Å²) in [5.41, 5.74) is 1.48. The van der Waals surface area contributed by atoms with E-state index in [2.05, 4.69) is 29.2 Å². The number of carbonyl (C=O) groups is 1. The second-order valence-electron chi connectivity index (χ2n) is 6.26. The average molecular weight is 352 g/mol. The molecule has 0 aromatic heterocycles. The molecule has 1 saturated heterocycles.